The number of benzene rings is 1. The zero-order chi connectivity index (χ0) is 18.4. The molecule has 6 heteroatoms. The van der Waals surface area contributed by atoms with Gasteiger partial charge in [0, 0.05) is 37.5 Å². The largest absolute Gasteiger partial charge is 0.506 e. The minimum absolute atomic E-state index is 0.185. The number of phenols is 1. The molecule has 0 bridgehead atoms. The van der Waals surface area contributed by atoms with E-state index in [-0.39, 0.29) is 5.75 Å². The van der Waals surface area contributed by atoms with Crippen LogP contribution in [0.4, 0.5) is 17.2 Å². The van der Waals surface area contributed by atoms with Crippen LogP contribution in [0.1, 0.15) is 5.69 Å². The minimum atomic E-state index is 0.185. The summed E-state index contributed by atoms with van der Waals surface area (Å²) in [6.45, 7) is 7.56. The molecule has 0 amide bonds. The van der Waals surface area contributed by atoms with Crippen molar-refractivity contribution in [1.29, 1.82) is 0 Å². The maximum Gasteiger partial charge on any atom is 0.140 e. The van der Waals surface area contributed by atoms with Gasteiger partial charge in [0.1, 0.15) is 23.7 Å². The zero-order valence-electron chi connectivity index (χ0n) is 14.7. The van der Waals surface area contributed by atoms with Crippen LogP contribution in [0.25, 0.3) is 5.57 Å². The number of rotatable bonds is 7. The number of aromatic hydroxyl groups is 1. The third-order valence-electron chi connectivity index (χ3n) is 3.50. The summed E-state index contributed by atoms with van der Waals surface area (Å²) in [5, 5.41) is 13.2. The number of nitrogens with one attached hydrogen (secondary N) is 1. The van der Waals surface area contributed by atoms with Gasteiger partial charge < -0.3 is 20.1 Å². The third kappa shape index (κ3) is 4.38. The number of aromatic nitrogens is 2. The van der Waals surface area contributed by atoms with Gasteiger partial charge in [-0.15, -0.1) is 0 Å². The van der Waals surface area contributed by atoms with Crippen LogP contribution >= 0.6 is 0 Å². The van der Waals surface area contributed by atoms with Gasteiger partial charge in [-0.3, -0.25) is 0 Å². The molecule has 0 unspecified atom stereocenters. The van der Waals surface area contributed by atoms with Crippen LogP contribution in [-0.2, 0) is 4.74 Å². The molecule has 0 aliphatic carbocycles. The molecule has 0 spiro atoms. The Hall–Kier alpha value is -3.28. The van der Waals surface area contributed by atoms with Crippen LogP contribution in [0.2, 0.25) is 0 Å². The summed E-state index contributed by atoms with van der Waals surface area (Å²) in [4.78, 5) is 10.3. The average Bonchev–Trinajstić information content (AvgIpc) is 2.59. The molecule has 2 rings (SSSR count). The third-order valence-corrected chi connectivity index (χ3v) is 3.50. The van der Waals surface area contributed by atoms with Gasteiger partial charge >= 0.3 is 0 Å². The van der Waals surface area contributed by atoms with Crippen molar-refractivity contribution in [1.82, 2.24) is 9.97 Å². The lowest BCUT2D eigenvalue weighted by atomic mass is 10.1. The Morgan fingerprint density at radius 2 is 2.04 bits per heavy atom. The Balaban J connectivity index is 2.30. The lowest BCUT2D eigenvalue weighted by molar-refractivity contribution is 0.312. The number of hydrogen-bond acceptors (Lipinski definition) is 6. The van der Waals surface area contributed by atoms with Crippen molar-refractivity contribution in [3.05, 3.63) is 67.4 Å². The zero-order valence-corrected chi connectivity index (χ0v) is 14.7. The molecule has 130 valence electrons. The fourth-order valence-electron chi connectivity index (χ4n) is 2.25. The molecular formula is C19H22N4O2. The number of nitrogens with zero attached hydrogens (tertiary/aromatic N) is 3. The van der Waals surface area contributed by atoms with Gasteiger partial charge in [0.25, 0.3) is 0 Å². The van der Waals surface area contributed by atoms with E-state index in [4.69, 9.17) is 4.74 Å². The highest BCUT2D eigenvalue weighted by atomic mass is 16.5. The fourth-order valence-corrected chi connectivity index (χ4v) is 2.25. The normalized spacial score (nSPS) is 10.9. The second-order valence-corrected chi connectivity index (χ2v) is 5.45. The maximum atomic E-state index is 10.1. The van der Waals surface area contributed by atoms with Gasteiger partial charge in [-0.05, 0) is 18.2 Å². The highest BCUT2D eigenvalue weighted by molar-refractivity contribution is 5.77. The van der Waals surface area contributed by atoms with Crippen LogP contribution in [-0.4, -0.2) is 36.3 Å². The molecule has 2 aromatic rings. The molecule has 0 aliphatic heterocycles. The Bertz CT molecular complexity index is 813. The van der Waals surface area contributed by atoms with Crippen molar-refractivity contribution in [3.63, 3.8) is 0 Å². The molecule has 1 aromatic heterocycles. The average molecular weight is 338 g/mol. The van der Waals surface area contributed by atoms with E-state index < -0.39 is 0 Å². The summed E-state index contributed by atoms with van der Waals surface area (Å²) in [6, 6.07) is 7.11. The van der Waals surface area contributed by atoms with E-state index in [1.54, 1.807) is 31.4 Å². The van der Waals surface area contributed by atoms with Crippen molar-refractivity contribution in [2.75, 3.05) is 31.4 Å². The van der Waals surface area contributed by atoms with E-state index in [0.717, 1.165) is 5.69 Å². The summed E-state index contributed by atoms with van der Waals surface area (Å²) >= 11 is 0. The van der Waals surface area contributed by atoms with Crippen LogP contribution in [0.5, 0.6) is 5.75 Å². The van der Waals surface area contributed by atoms with E-state index in [1.165, 1.54) is 6.33 Å². The molecule has 2 N–H and O–H groups in total. The highest BCUT2D eigenvalue weighted by Gasteiger charge is 2.10. The fraction of sp³-hybridized carbons (Fsp3) is 0.158. The van der Waals surface area contributed by atoms with Crippen LogP contribution in [0.3, 0.4) is 0 Å². The Kier molecular flexibility index (Phi) is 5.79. The van der Waals surface area contributed by atoms with Crippen molar-refractivity contribution in [2.24, 2.45) is 0 Å². The minimum Gasteiger partial charge on any atom is -0.506 e. The summed E-state index contributed by atoms with van der Waals surface area (Å²) in [5.41, 5.74) is 2.82. The number of phenolic OH excluding ortho intramolecular Hbond substituents is 1. The van der Waals surface area contributed by atoms with Crippen molar-refractivity contribution >= 4 is 22.8 Å². The van der Waals surface area contributed by atoms with Gasteiger partial charge in [0.05, 0.1) is 18.5 Å². The topological polar surface area (TPSA) is 70.5 Å². The molecule has 6 nitrogen and oxygen atoms in total. The van der Waals surface area contributed by atoms with Crippen LogP contribution in [0.15, 0.2) is 61.7 Å². The molecule has 0 fully saturated rings. The molecule has 0 saturated heterocycles. The summed E-state index contributed by atoms with van der Waals surface area (Å²) in [7, 11) is 5.29. The molecular weight excluding hydrogens is 316 g/mol. The first-order valence-electron chi connectivity index (χ1n) is 7.62. The highest BCUT2D eigenvalue weighted by Crippen LogP contribution is 2.30. The van der Waals surface area contributed by atoms with Crippen LogP contribution < -0.4 is 10.2 Å². The number of anilines is 3. The SMILES string of the molecule is C=CC=C(C(=C)OC)c1cc(Nc2ccc(N(C)C)c(O)c2)ncn1. The van der Waals surface area contributed by atoms with E-state index in [1.807, 2.05) is 31.1 Å². The van der Waals surface area contributed by atoms with E-state index in [2.05, 4.69) is 28.4 Å². The molecule has 1 heterocycles. The van der Waals surface area contributed by atoms with E-state index in [0.29, 0.717) is 28.5 Å². The van der Waals surface area contributed by atoms with Gasteiger partial charge in [0.15, 0.2) is 0 Å². The first kappa shape index (κ1) is 18.1. The van der Waals surface area contributed by atoms with Gasteiger partial charge in [-0.1, -0.05) is 19.2 Å². The van der Waals surface area contributed by atoms with Crippen molar-refractivity contribution < 1.29 is 9.84 Å². The Morgan fingerprint density at radius 1 is 1.28 bits per heavy atom. The number of hydrogen-bond donors (Lipinski definition) is 2. The van der Waals surface area contributed by atoms with Crippen LogP contribution in [0, 0.1) is 0 Å². The summed E-state index contributed by atoms with van der Waals surface area (Å²) in [5.74, 6) is 1.25. The second-order valence-electron chi connectivity index (χ2n) is 5.45. The Labute approximate surface area is 147 Å². The molecule has 0 saturated carbocycles. The molecule has 25 heavy (non-hydrogen) atoms. The van der Waals surface area contributed by atoms with Gasteiger partial charge in [-0.25, -0.2) is 9.97 Å². The smallest absolute Gasteiger partial charge is 0.140 e. The number of ether oxygens (including phenoxy) is 1. The standard InChI is InChI=1S/C19H22N4O2/c1-6-7-15(13(2)25-5)16-11-19(21-12-20-16)22-14-8-9-17(23(3)4)18(24)10-14/h6-12,24H,1-2H2,3-5H3,(H,20,21,22). The second kappa shape index (κ2) is 8.01. The van der Waals surface area contributed by atoms with E-state index >= 15 is 0 Å². The molecule has 0 aliphatic rings. The predicted octanol–water partition coefficient (Wildman–Crippen LogP) is 3.72. The van der Waals surface area contributed by atoms with Crippen molar-refractivity contribution in [3.8, 4) is 5.75 Å². The van der Waals surface area contributed by atoms with Crippen molar-refractivity contribution in [2.45, 2.75) is 0 Å². The molecule has 0 radical (unpaired) electrons. The summed E-state index contributed by atoms with van der Waals surface area (Å²) < 4.78 is 5.20. The first-order chi connectivity index (χ1) is 12.0. The first-order valence-corrected chi connectivity index (χ1v) is 7.62. The maximum absolute atomic E-state index is 10.1. The Morgan fingerprint density at radius 3 is 2.64 bits per heavy atom. The number of methoxy groups -OCH3 is 1. The van der Waals surface area contributed by atoms with Gasteiger partial charge in [0.2, 0.25) is 0 Å². The quantitative estimate of drug-likeness (QED) is 0.592. The lowest BCUT2D eigenvalue weighted by Gasteiger charge is -2.15. The van der Waals surface area contributed by atoms with E-state index in [9.17, 15) is 5.11 Å². The summed E-state index contributed by atoms with van der Waals surface area (Å²) in [6.07, 6.45) is 4.87. The molecule has 0 atom stereocenters. The lowest BCUT2D eigenvalue weighted by Crippen LogP contribution is -2.08. The molecule has 1 aromatic carbocycles. The number of allylic oxidation sites excluding steroid dienone is 3. The predicted molar refractivity (Wildman–Crippen MR) is 102 cm³/mol. The monoisotopic (exact) mass is 338 g/mol. The van der Waals surface area contributed by atoms with Gasteiger partial charge in [-0.2, -0.15) is 0 Å².